The SMILES string of the molecule is COCCOC(=O)C1=C(C)NC(C)=C(C(=O)OC(C)C)C1c1cccc(N(O)C=N)c1. The van der Waals surface area contributed by atoms with Gasteiger partial charge in [-0.1, -0.05) is 12.1 Å². The summed E-state index contributed by atoms with van der Waals surface area (Å²) < 4.78 is 15.7. The van der Waals surface area contributed by atoms with Crippen LogP contribution >= 0.6 is 0 Å². The lowest BCUT2D eigenvalue weighted by Crippen LogP contribution is -2.33. The second kappa shape index (κ2) is 10.7. The zero-order valence-electron chi connectivity index (χ0n) is 18.4. The van der Waals surface area contributed by atoms with Gasteiger partial charge in [0, 0.05) is 18.5 Å². The van der Waals surface area contributed by atoms with Gasteiger partial charge in [-0.2, -0.15) is 0 Å². The number of allylic oxidation sites excluding steroid dienone is 2. The molecule has 9 nitrogen and oxygen atoms in total. The Labute approximate surface area is 181 Å². The van der Waals surface area contributed by atoms with Crippen LogP contribution in [-0.2, 0) is 23.8 Å². The molecule has 168 valence electrons. The lowest BCUT2D eigenvalue weighted by atomic mass is 9.80. The fraction of sp³-hybridized carbons (Fsp3) is 0.409. The maximum absolute atomic E-state index is 13.0. The third-order valence-corrected chi connectivity index (χ3v) is 4.65. The van der Waals surface area contributed by atoms with Crippen molar-refractivity contribution in [2.75, 3.05) is 25.4 Å². The van der Waals surface area contributed by atoms with Gasteiger partial charge in [-0.15, -0.1) is 0 Å². The Bertz CT molecular complexity index is 906. The van der Waals surface area contributed by atoms with Crippen LogP contribution in [0.2, 0.25) is 0 Å². The molecule has 0 amide bonds. The molecule has 0 radical (unpaired) electrons. The molecule has 1 aromatic carbocycles. The highest BCUT2D eigenvalue weighted by atomic mass is 16.6. The molecule has 1 aromatic rings. The van der Waals surface area contributed by atoms with E-state index in [9.17, 15) is 14.8 Å². The highest BCUT2D eigenvalue weighted by molar-refractivity contribution is 6.00. The van der Waals surface area contributed by atoms with E-state index in [0.717, 1.165) is 6.34 Å². The number of esters is 2. The van der Waals surface area contributed by atoms with Crippen molar-refractivity contribution in [1.29, 1.82) is 5.41 Å². The summed E-state index contributed by atoms with van der Waals surface area (Å²) in [5, 5.41) is 20.9. The van der Waals surface area contributed by atoms with Crippen molar-refractivity contribution >= 4 is 24.0 Å². The summed E-state index contributed by atoms with van der Waals surface area (Å²) in [6.45, 7) is 7.25. The molecule has 1 unspecified atom stereocenters. The van der Waals surface area contributed by atoms with Crippen LogP contribution in [0.25, 0.3) is 0 Å². The number of nitrogens with one attached hydrogen (secondary N) is 2. The normalized spacial score (nSPS) is 16.2. The first-order chi connectivity index (χ1) is 14.7. The molecule has 0 aromatic heterocycles. The van der Waals surface area contributed by atoms with Crippen molar-refractivity contribution in [2.24, 2.45) is 0 Å². The maximum Gasteiger partial charge on any atom is 0.337 e. The number of carbonyl (C=O) groups is 2. The first kappa shape index (κ1) is 24.1. The van der Waals surface area contributed by atoms with E-state index in [-0.39, 0.29) is 30.5 Å². The summed E-state index contributed by atoms with van der Waals surface area (Å²) in [4.78, 5) is 26.0. The highest BCUT2D eigenvalue weighted by Gasteiger charge is 2.38. The summed E-state index contributed by atoms with van der Waals surface area (Å²) in [6.07, 6.45) is 0.396. The molecule has 9 heteroatoms. The standard InChI is InChI=1S/C22H29N3O6/c1-13(2)31-22(27)19-15(4)24-14(3)18(21(26)30-10-9-29-5)20(19)16-7-6-8-17(11-16)25(28)12-23/h6-8,11-13,20,23-24,28H,9-10H2,1-5H3. The molecule has 0 saturated heterocycles. The van der Waals surface area contributed by atoms with Gasteiger partial charge in [-0.3, -0.25) is 10.6 Å². The van der Waals surface area contributed by atoms with Gasteiger partial charge in [0.15, 0.2) is 0 Å². The molecule has 1 atom stereocenters. The number of carbonyl (C=O) groups excluding carboxylic acids is 2. The molecule has 1 aliphatic rings. The lowest BCUT2D eigenvalue weighted by Gasteiger charge is -2.31. The highest BCUT2D eigenvalue weighted by Crippen LogP contribution is 2.40. The summed E-state index contributed by atoms with van der Waals surface area (Å²) in [5.41, 5.74) is 2.51. The quantitative estimate of drug-likeness (QED) is 0.179. The van der Waals surface area contributed by atoms with Crippen molar-refractivity contribution in [3.8, 4) is 0 Å². The fourth-order valence-electron chi connectivity index (χ4n) is 3.36. The Morgan fingerprint density at radius 2 is 1.84 bits per heavy atom. The van der Waals surface area contributed by atoms with Crippen LogP contribution in [0.3, 0.4) is 0 Å². The Morgan fingerprint density at radius 3 is 2.42 bits per heavy atom. The van der Waals surface area contributed by atoms with Gasteiger partial charge in [0.1, 0.15) is 12.9 Å². The van der Waals surface area contributed by atoms with Crippen LogP contribution in [0.15, 0.2) is 46.8 Å². The van der Waals surface area contributed by atoms with E-state index in [2.05, 4.69) is 5.32 Å². The average Bonchev–Trinajstić information content (AvgIpc) is 2.72. The summed E-state index contributed by atoms with van der Waals surface area (Å²) >= 11 is 0. The minimum atomic E-state index is -0.790. The van der Waals surface area contributed by atoms with E-state index in [1.807, 2.05) is 0 Å². The first-order valence-electron chi connectivity index (χ1n) is 9.85. The monoisotopic (exact) mass is 431 g/mol. The summed E-state index contributed by atoms with van der Waals surface area (Å²) in [7, 11) is 1.50. The zero-order chi connectivity index (χ0) is 23.1. The van der Waals surface area contributed by atoms with Gasteiger partial charge in [0.05, 0.1) is 35.5 Å². The Hall–Kier alpha value is -3.17. The summed E-state index contributed by atoms with van der Waals surface area (Å²) in [5.74, 6) is -1.94. The molecule has 31 heavy (non-hydrogen) atoms. The number of benzene rings is 1. The largest absolute Gasteiger partial charge is 0.460 e. The van der Waals surface area contributed by atoms with Crippen LogP contribution in [0.4, 0.5) is 5.69 Å². The van der Waals surface area contributed by atoms with Crippen LogP contribution in [0.5, 0.6) is 0 Å². The Morgan fingerprint density at radius 1 is 1.19 bits per heavy atom. The van der Waals surface area contributed by atoms with Gasteiger partial charge >= 0.3 is 11.9 Å². The van der Waals surface area contributed by atoms with Crippen molar-refractivity contribution in [1.82, 2.24) is 5.32 Å². The third-order valence-electron chi connectivity index (χ3n) is 4.65. The van der Waals surface area contributed by atoms with E-state index < -0.39 is 17.9 Å². The second-order valence-corrected chi connectivity index (χ2v) is 7.29. The van der Waals surface area contributed by atoms with Crippen LogP contribution in [-0.4, -0.2) is 49.9 Å². The van der Waals surface area contributed by atoms with Gasteiger partial charge in [0.2, 0.25) is 0 Å². The molecule has 0 saturated carbocycles. The number of dihydropyridines is 1. The van der Waals surface area contributed by atoms with Gasteiger partial charge in [-0.05, 0) is 45.4 Å². The zero-order valence-corrected chi connectivity index (χ0v) is 18.4. The van der Waals surface area contributed by atoms with Crippen LogP contribution in [0, 0.1) is 5.41 Å². The lowest BCUT2D eigenvalue weighted by molar-refractivity contribution is -0.143. The maximum atomic E-state index is 13.0. The molecule has 3 N–H and O–H groups in total. The smallest absolute Gasteiger partial charge is 0.337 e. The third kappa shape index (κ3) is 5.71. The van der Waals surface area contributed by atoms with Crippen molar-refractivity contribution in [3.63, 3.8) is 0 Å². The van der Waals surface area contributed by atoms with E-state index in [1.54, 1.807) is 52.0 Å². The number of anilines is 1. The number of hydrogen-bond donors (Lipinski definition) is 3. The number of nitrogens with zero attached hydrogens (tertiary/aromatic N) is 1. The van der Waals surface area contributed by atoms with Crippen LogP contribution < -0.4 is 10.4 Å². The number of rotatable bonds is 9. The van der Waals surface area contributed by atoms with Crippen molar-refractivity contribution in [3.05, 3.63) is 52.4 Å². The molecular formula is C22H29N3O6. The van der Waals surface area contributed by atoms with E-state index in [4.69, 9.17) is 19.6 Å². The predicted octanol–water partition coefficient (Wildman–Crippen LogP) is 2.87. The molecule has 2 rings (SSSR count). The number of ether oxygens (including phenoxy) is 3. The van der Waals surface area contributed by atoms with E-state index in [1.165, 1.54) is 7.11 Å². The van der Waals surface area contributed by atoms with Crippen molar-refractivity contribution in [2.45, 2.75) is 39.7 Å². The molecule has 1 heterocycles. The molecule has 0 fully saturated rings. The Balaban J connectivity index is 2.61. The number of hydroxylamine groups is 1. The Kier molecular flexibility index (Phi) is 8.35. The average molecular weight is 431 g/mol. The number of hydrogen-bond acceptors (Lipinski definition) is 8. The van der Waals surface area contributed by atoms with Crippen molar-refractivity contribution < 1.29 is 29.0 Å². The molecule has 0 aliphatic carbocycles. The van der Waals surface area contributed by atoms with Gasteiger partial charge in [-0.25, -0.2) is 14.7 Å². The topological polar surface area (TPSA) is 121 Å². The fourth-order valence-corrected chi connectivity index (χ4v) is 3.36. The number of methoxy groups -OCH3 is 1. The van der Waals surface area contributed by atoms with Crippen LogP contribution in [0.1, 0.15) is 39.2 Å². The minimum Gasteiger partial charge on any atom is -0.460 e. The van der Waals surface area contributed by atoms with Gasteiger partial charge < -0.3 is 19.5 Å². The molecule has 0 bridgehead atoms. The molecule has 0 spiro atoms. The van der Waals surface area contributed by atoms with Gasteiger partial charge in [0.25, 0.3) is 0 Å². The minimum absolute atomic E-state index is 0.0611. The molecule has 1 aliphatic heterocycles. The summed E-state index contributed by atoms with van der Waals surface area (Å²) in [6, 6.07) is 6.62. The van der Waals surface area contributed by atoms with E-state index in [0.29, 0.717) is 27.7 Å². The predicted molar refractivity (Wildman–Crippen MR) is 115 cm³/mol. The first-order valence-corrected chi connectivity index (χ1v) is 9.85. The second-order valence-electron chi connectivity index (χ2n) is 7.29. The molecular weight excluding hydrogens is 402 g/mol. The van der Waals surface area contributed by atoms with E-state index >= 15 is 0 Å².